The third kappa shape index (κ3) is 3.68. The zero-order valence-electron chi connectivity index (χ0n) is 10.3. The molecular weight excluding hydrogens is 320 g/mol. The largest absolute Gasteiger partial charge is 0.398 e. The van der Waals surface area contributed by atoms with E-state index >= 15 is 0 Å². The minimum atomic E-state index is -3.65. The van der Waals surface area contributed by atoms with Crippen molar-refractivity contribution in [2.75, 3.05) is 12.3 Å². The molecule has 0 amide bonds. The molecule has 0 aliphatic heterocycles. The zero-order valence-corrected chi connectivity index (χ0v) is 12.7. The van der Waals surface area contributed by atoms with Crippen LogP contribution in [0.1, 0.15) is 18.9 Å². The molecule has 0 aliphatic carbocycles. The standard InChI is InChI=1S/C11H17BrN2O3S/c1-3-8(15)6-14-18(16,17)11-5-10(13)9(12)4-7(11)2/h4-5,8,14-15H,3,6,13H2,1-2H3. The Morgan fingerprint density at radius 3 is 2.67 bits per heavy atom. The number of hydrogen-bond donors (Lipinski definition) is 3. The number of nitrogen functional groups attached to an aromatic ring is 1. The van der Waals surface area contributed by atoms with E-state index in [-0.39, 0.29) is 11.4 Å². The van der Waals surface area contributed by atoms with Crippen molar-refractivity contribution in [1.29, 1.82) is 0 Å². The topological polar surface area (TPSA) is 92.4 Å². The van der Waals surface area contributed by atoms with E-state index in [0.717, 1.165) is 0 Å². The molecule has 0 aliphatic rings. The summed E-state index contributed by atoms with van der Waals surface area (Å²) in [5, 5.41) is 9.38. The second kappa shape index (κ2) is 6.01. The van der Waals surface area contributed by atoms with Crippen LogP contribution in [0.25, 0.3) is 0 Å². The van der Waals surface area contributed by atoms with Gasteiger partial charge in [-0.25, -0.2) is 13.1 Å². The first-order valence-corrected chi connectivity index (χ1v) is 7.79. The number of nitrogens with one attached hydrogen (secondary N) is 1. The molecule has 0 heterocycles. The van der Waals surface area contributed by atoms with Crippen LogP contribution >= 0.6 is 15.9 Å². The summed E-state index contributed by atoms with van der Waals surface area (Å²) in [6.45, 7) is 3.46. The number of aliphatic hydroxyl groups excluding tert-OH is 1. The quantitative estimate of drug-likeness (QED) is 0.708. The number of sulfonamides is 1. The fourth-order valence-corrected chi connectivity index (χ4v) is 3.18. The molecule has 0 radical (unpaired) electrons. The Hall–Kier alpha value is -0.630. The van der Waals surface area contributed by atoms with E-state index in [9.17, 15) is 13.5 Å². The lowest BCUT2D eigenvalue weighted by Crippen LogP contribution is -2.32. The lowest BCUT2D eigenvalue weighted by Gasteiger charge is -2.13. The minimum Gasteiger partial charge on any atom is -0.398 e. The van der Waals surface area contributed by atoms with Gasteiger partial charge in [-0.15, -0.1) is 0 Å². The maximum Gasteiger partial charge on any atom is 0.240 e. The van der Waals surface area contributed by atoms with Crippen molar-refractivity contribution in [3.63, 3.8) is 0 Å². The molecule has 18 heavy (non-hydrogen) atoms. The second-order valence-electron chi connectivity index (χ2n) is 4.05. The molecule has 7 heteroatoms. The number of rotatable bonds is 5. The van der Waals surface area contributed by atoms with Crippen LogP contribution < -0.4 is 10.5 Å². The Kier molecular flexibility index (Phi) is 5.15. The first-order chi connectivity index (χ1) is 8.27. The highest BCUT2D eigenvalue weighted by atomic mass is 79.9. The van der Waals surface area contributed by atoms with E-state index in [1.54, 1.807) is 19.9 Å². The number of nitrogens with two attached hydrogens (primary N) is 1. The maximum absolute atomic E-state index is 12.0. The van der Waals surface area contributed by atoms with Gasteiger partial charge in [0.1, 0.15) is 0 Å². The van der Waals surface area contributed by atoms with Gasteiger partial charge in [0.05, 0.1) is 11.0 Å². The van der Waals surface area contributed by atoms with E-state index in [2.05, 4.69) is 20.7 Å². The smallest absolute Gasteiger partial charge is 0.240 e. The van der Waals surface area contributed by atoms with Gasteiger partial charge in [-0.1, -0.05) is 6.92 Å². The molecule has 0 bridgehead atoms. The van der Waals surface area contributed by atoms with Gasteiger partial charge >= 0.3 is 0 Å². The maximum atomic E-state index is 12.0. The van der Waals surface area contributed by atoms with Crippen LogP contribution in [0.15, 0.2) is 21.5 Å². The van der Waals surface area contributed by atoms with Crippen molar-refractivity contribution in [1.82, 2.24) is 4.72 Å². The molecule has 1 rings (SSSR count). The van der Waals surface area contributed by atoms with Crippen LogP contribution in [0.3, 0.4) is 0 Å². The van der Waals surface area contributed by atoms with E-state index in [1.165, 1.54) is 6.07 Å². The molecule has 102 valence electrons. The number of anilines is 1. The summed E-state index contributed by atoms with van der Waals surface area (Å²) in [4.78, 5) is 0.131. The van der Waals surface area contributed by atoms with Crippen molar-refractivity contribution in [2.24, 2.45) is 0 Å². The van der Waals surface area contributed by atoms with Crippen molar-refractivity contribution in [2.45, 2.75) is 31.3 Å². The van der Waals surface area contributed by atoms with Gasteiger partial charge < -0.3 is 10.8 Å². The average Bonchev–Trinajstić information content (AvgIpc) is 2.30. The average molecular weight is 337 g/mol. The van der Waals surface area contributed by atoms with Gasteiger partial charge in [-0.2, -0.15) is 0 Å². The first kappa shape index (κ1) is 15.4. The van der Waals surface area contributed by atoms with Crippen LogP contribution in [-0.4, -0.2) is 26.2 Å². The fourth-order valence-electron chi connectivity index (χ4n) is 1.39. The second-order valence-corrected chi connectivity index (χ2v) is 6.64. The van der Waals surface area contributed by atoms with E-state index in [0.29, 0.717) is 22.1 Å². The van der Waals surface area contributed by atoms with Crippen molar-refractivity contribution in [3.8, 4) is 0 Å². The molecule has 5 nitrogen and oxygen atoms in total. The Morgan fingerprint density at radius 2 is 2.11 bits per heavy atom. The predicted octanol–water partition coefficient (Wildman–Crippen LogP) is 1.39. The number of hydrogen-bond acceptors (Lipinski definition) is 4. The monoisotopic (exact) mass is 336 g/mol. The highest BCUT2D eigenvalue weighted by Crippen LogP contribution is 2.26. The zero-order chi connectivity index (χ0) is 13.9. The van der Waals surface area contributed by atoms with Gasteiger partial charge in [-0.3, -0.25) is 0 Å². The van der Waals surface area contributed by atoms with Crippen molar-refractivity contribution >= 4 is 31.6 Å². The summed E-state index contributed by atoms with van der Waals surface area (Å²) in [7, 11) is -3.65. The summed E-state index contributed by atoms with van der Waals surface area (Å²) in [6, 6.07) is 3.06. The van der Waals surface area contributed by atoms with Crippen molar-refractivity contribution in [3.05, 3.63) is 22.2 Å². The minimum absolute atomic E-state index is 0.00571. The fraction of sp³-hybridized carbons (Fsp3) is 0.455. The summed E-state index contributed by atoms with van der Waals surface area (Å²) in [6.07, 6.45) is -0.197. The van der Waals surface area contributed by atoms with Crippen molar-refractivity contribution < 1.29 is 13.5 Å². The molecule has 0 spiro atoms. The summed E-state index contributed by atoms with van der Waals surface area (Å²) < 4.78 is 27.1. The van der Waals surface area contributed by atoms with Crippen LogP contribution in [0, 0.1) is 6.92 Å². The highest BCUT2D eigenvalue weighted by molar-refractivity contribution is 9.10. The first-order valence-electron chi connectivity index (χ1n) is 5.51. The van der Waals surface area contributed by atoms with E-state index in [4.69, 9.17) is 5.73 Å². The normalized spacial score (nSPS) is 13.6. The number of benzene rings is 1. The molecule has 1 unspecified atom stereocenters. The molecule has 0 saturated heterocycles. The van der Waals surface area contributed by atoms with Crippen LogP contribution in [0.4, 0.5) is 5.69 Å². The Morgan fingerprint density at radius 1 is 1.50 bits per heavy atom. The van der Waals surface area contributed by atoms with Gasteiger partial charge in [0, 0.05) is 16.7 Å². The van der Waals surface area contributed by atoms with Gasteiger partial charge in [0.25, 0.3) is 0 Å². The van der Waals surface area contributed by atoms with Crippen LogP contribution in [0.2, 0.25) is 0 Å². The van der Waals surface area contributed by atoms with Crippen LogP contribution in [0.5, 0.6) is 0 Å². The SMILES string of the molecule is CCC(O)CNS(=O)(=O)c1cc(N)c(Br)cc1C. The molecule has 1 atom stereocenters. The highest BCUT2D eigenvalue weighted by Gasteiger charge is 2.19. The molecule has 0 fully saturated rings. The Labute approximate surface area is 116 Å². The number of aryl methyl sites for hydroxylation is 1. The Bertz CT molecular complexity index is 531. The Balaban J connectivity index is 3.02. The molecule has 1 aromatic carbocycles. The third-order valence-corrected chi connectivity index (χ3v) is 4.82. The lowest BCUT2D eigenvalue weighted by atomic mass is 10.2. The summed E-state index contributed by atoms with van der Waals surface area (Å²) in [5.41, 5.74) is 6.63. The third-order valence-electron chi connectivity index (χ3n) is 2.56. The summed E-state index contributed by atoms with van der Waals surface area (Å²) >= 11 is 3.24. The molecule has 4 N–H and O–H groups in total. The lowest BCUT2D eigenvalue weighted by molar-refractivity contribution is 0.174. The van der Waals surface area contributed by atoms with E-state index < -0.39 is 16.1 Å². The molecule has 0 aromatic heterocycles. The van der Waals surface area contributed by atoms with Gasteiger partial charge in [0.2, 0.25) is 10.0 Å². The van der Waals surface area contributed by atoms with E-state index in [1.807, 2.05) is 0 Å². The van der Waals surface area contributed by atoms with Crippen LogP contribution in [-0.2, 0) is 10.0 Å². The molecule has 0 saturated carbocycles. The number of aliphatic hydroxyl groups is 1. The number of halogens is 1. The van der Waals surface area contributed by atoms with Gasteiger partial charge in [-0.05, 0) is 47.0 Å². The molecular formula is C11H17BrN2O3S. The predicted molar refractivity (Wildman–Crippen MR) is 74.8 cm³/mol. The summed E-state index contributed by atoms with van der Waals surface area (Å²) in [5.74, 6) is 0. The molecule has 1 aromatic rings. The van der Waals surface area contributed by atoms with Gasteiger partial charge in [0.15, 0.2) is 0 Å².